The number of nitrogens with one attached hydrogen (secondary N) is 1. The third-order valence-corrected chi connectivity index (χ3v) is 2.98. The highest BCUT2D eigenvalue weighted by atomic mass is 19.3. The Balaban J connectivity index is 1.68. The van der Waals surface area contributed by atoms with Crippen molar-refractivity contribution in [2.45, 2.75) is 12.8 Å². The van der Waals surface area contributed by atoms with Crippen molar-refractivity contribution in [3.05, 3.63) is 53.6 Å². The van der Waals surface area contributed by atoms with E-state index in [-0.39, 0.29) is 11.5 Å². The number of anilines is 1. The second kappa shape index (κ2) is 4.94. The van der Waals surface area contributed by atoms with Crippen LogP contribution in [0.5, 0.6) is 11.5 Å². The number of hydrogen-bond acceptors (Lipinski definition) is 4. The third kappa shape index (κ3) is 2.87. The van der Waals surface area contributed by atoms with Crippen molar-refractivity contribution < 1.29 is 18.3 Å². The number of fused-ring (bicyclic) bond motifs is 1. The van der Waals surface area contributed by atoms with Crippen LogP contribution in [0.4, 0.5) is 14.5 Å². The molecule has 1 aliphatic heterocycles. The van der Waals surface area contributed by atoms with E-state index in [1.807, 2.05) is 18.2 Å². The van der Waals surface area contributed by atoms with Gasteiger partial charge >= 0.3 is 6.29 Å². The van der Waals surface area contributed by atoms with Crippen LogP contribution in [0.1, 0.15) is 11.1 Å². The molecule has 0 amide bonds. The highest BCUT2D eigenvalue weighted by Crippen LogP contribution is 2.42. The maximum absolute atomic E-state index is 12.9. The second-order valence-electron chi connectivity index (χ2n) is 4.49. The van der Waals surface area contributed by atoms with E-state index in [0.29, 0.717) is 17.8 Å². The summed E-state index contributed by atoms with van der Waals surface area (Å²) >= 11 is 0. The Morgan fingerprint density at radius 2 is 1.76 bits per heavy atom. The first kappa shape index (κ1) is 13.2. The highest BCUT2D eigenvalue weighted by Gasteiger charge is 2.43. The molecule has 0 aromatic heterocycles. The van der Waals surface area contributed by atoms with Crippen molar-refractivity contribution in [1.82, 2.24) is 0 Å². The smallest absolute Gasteiger partial charge is 0.395 e. The van der Waals surface area contributed by atoms with Gasteiger partial charge in [0.05, 0.1) is 11.6 Å². The molecule has 2 aromatic carbocycles. The first-order chi connectivity index (χ1) is 10.1. The zero-order valence-corrected chi connectivity index (χ0v) is 10.8. The van der Waals surface area contributed by atoms with Gasteiger partial charge in [-0.1, -0.05) is 12.1 Å². The van der Waals surface area contributed by atoms with Crippen molar-refractivity contribution >= 4 is 5.69 Å². The van der Waals surface area contributed by atoms with Gasteiger partial charge in [-0.3, -0.25) is 0 Å². The van der Waals surface area contributed by atoms with Crippen LogP contribution in [0.25, 0.3) is 0 Å². The lowest BCUT2D eigenvalue weighted by atomic mass is 10.1. The summed E-state index contributed by atoms with van der Waals surface area (Å²) in [6.07, 6.45) is -3.60. The van der Waals surface area contributed by atoms with E-state index in [2.05, 4.69) is 14.8 Å². The molecule has 0 atom stereocenters. The van der Waals surface area contributed by atoms with Crippen LogP contribution in [-0.4, -0.2) is 6.29 Å². The number of alkyl halides is 2. The maximum Gasteiger partial charge on any atom is 0.586 e. The Kier molecular flexibility index (Phi) is 3.10. The molecule has 6 heteroatoms. The zero-order valence-electron chi connectivity index (χ0n) is 10.8. The molecule has 2 aromatic rings. The summed E-state index contributed by atoms with van der Waals surface area (Å²) in [5.74, 6) is 0.0220. The fourth-order valence-electron chi connectivity index (χ4n) is 1.96. The molecule has 0 radical (unpaired) electrons. The molecule has 1 N–H and O–H groups in total. The summed E-state index contributed by atoms with van der Waals surface area (Å²) in [5, 5.41) is 11.8. The topological polar surface area (TPSA) is 54.3 Å². The molecule has 0 bridgehead atoms. The van der Waals surface area contributed by atoms with Gasteiger partial charge in [0.25, 0.3) is 0 Å². The maximum atomic E-state index is 12.9. The number of benzene rings is 2. The largest absolute Gasteiger partial charge is 0.586 e. The van der Waals surface area contributed by atoms with Gasteiger partial charge in [0.1, 0.15) is 0 Å². The molecule has 0 spiro atoms. The fraction of sp³-hybridized carbons (Fsp3) is 0.133. The first-order valence-electron chi connectivity index (χ1n) is 6.18. The predicted octanol–water partition coefficient (Wildman–Crippen LogP) is 3.49. The van der Waals surface area contributed by atoms with E-state index >= 15 is 0 Å². The second-order valence-corrected chi connectivity index (χ2v) is 4.49. The van der Waals surface area contributed by atoms with Gasteiger partial charge in [0.2, 0.25) is 0 Å². The monoisotopic (exact) mass is 288 g/mol. The van der Waals surface area contributed by atoms with Gasteiger partial charge in [-0.2, -0.15) is 5.26 Å². The average molecular weight is 288 g/mol. The minimum atomic E-state index is -3.60. The van der Waals surface area contributed by atoms with E-state index in [1.54, 1.807) is 18.2 Å². The third-order valence-electron chi connectivity index (χ3n) is 2.98. The van der Waals surface area contributed by atoms with Crippen LogP contribution in [-0.2, 0) is 6.54 Å². The van der Waals surface area contributed by atoms with Gasteiger partial charge in [-0.15, -0.1) is 8.78 Å². The minimum absolute atomic E-state index is 0.00447. The number of rotatable bonds is 3. The SMILES string of the molecule is N#Cc1ccc(CNc2ccc3c(c2)OC(F)(F)O3)cc1. The lowest BCUT2D eigenvalue weighted by molar-refractivity contribution is -0.286. The highest BCUT2D eigenvalue weighted by molar-refractivity contribution is 5.56. The number of nitrogens with zero attached hydrogens (tertiary/aromatic N) is 1. The summed E-state index contributed by atoms with van der Waals surface area (Å²) < 4.78 is 34.5. The average Bonchev–Trinajstić information content (AvgIpc) is 2.78. The summed E-state index contributed by atoms with van der Waals surface area (Å²) in [6.45, 7) is 0.502. The molecule has 0 saturated carbocycles. The molecule has 1 heterocycles. The van der Waals surface area contributed by atoms with E-state index in [1.165, 1.54) is 12.1 Å². The Hall–Kier alpha value is -2.81. The Labute approximate surface area is 119 Å². The summed E-state index contributed by atoms with van der Waals surface area (Å²) in [4.78, 5) is 0. The molecular formula is C15H10F2N2O2. The van der Waals surface area contributed by atoms with Crippen LogP contribution < -0.4 is 14.8 Å². The van der Waals surface area contributed by atoms with Crippen molar-refractivity contribution in [2.75, 3.05) is 5.32 Å². The van der Waals surface area contributed by atoms with Crippen molar-refractivity contribution in [3.63, 3.8) is 0 Å². The van der Waals surface area contributed by atoms with Crippen molar-refractivity contribution in [2.24, 2.45) is 0 Å². The Morgan fingerprint density at radius 1 is 1.05 bits per heavy atom. The summed E-state index contributed by atoms with van der Waals surface area (Å²) in [5.41, 5.74) is 2.19. The van der Waals surface area contributed by atoms with E-state index in [4.69, 9.17) is 5.26 Å². The van der Waals surface area contributed by atoms with Crippen molar-refractivity contribution in [3.8, 4) is 17.6 Å². The number of halogens is 2. The molecule has 0 fully saturated rings. The zero-order chi connectivity index (χ0) is 14.9. The molecule has 106 valence electrons. The molecule has 3 rings (SSSR count). The normalized spacial score (nSPS) is 14.5. The van der Waals surface area contributed by atoms with Gasteiger partial charge in [-0.25, -0.2) is 0 Å². The van der Waals surface area contributed by atoms with Crippen LogP contribution in [0.15, 0.2) is 42.5 Å². The van der Waals surface area contributed by atoms with E-state index < -0.39 is 6.29 Å². The first-order valence-corrected chi connectivity index (χ1v) is 6.18. The van der Waals surface area contributed by atoms with E-state index in [0.717, 1.165) is 5.56 Å². The number of hydrogen-bond donors (Lipinski definition) is 1. The summed E-state index contributed by atoms with van der Waals surface area (Å²) in [6, 6.07) is 13.7. The van der Waals surface area contributed by atoms with Crippen LogP contribution in [0, 0.1) is 11.3 Å². The molecule has 1 aliphatic rings. The van der Waals surface area contributed by atoms with Gasteiger partial charge in [0, 0.05) is 18.3 Å². The molecule has 0 aliphatic carbocycles. The van der Waals surface area contributed by atoms with Gasteiger partial charge in [0.15, 0.2) is 11.5 Å². The lowest BCUT2D eigenvalue weighted by Gasteiger charge is -2.07. The molecule has 0 saturated heterocycles. The summed E-state index contributed by atoms with van der Waals surface area (Å²) in [7, 11) is 0. The van der Waals surface area contributed by atoms with Crippen LogP contribution in [0.3, 0.4) is 0 Å². The molecular weight excluding hydrogens is 278 g/mol. The lowest BCUT2D eigenvalue weighted by Crippen LogP contribution is -2.25. The fourth-order valence-corrected chi connectivity index (χ4v) is 1.96. The standard InChI is InChI=1S/C15H10F2N2O2/c16-15(17)20-13-6-5-12(7-14(13)21-15)19-9-11-3-1-10(8-18)2-4-11/h1-7,19H,9H2. The van der Waals surface area contributed by atoms with E-state index in [9.17, 15) is 8.78 Å². The Bertz CT molecular complexity index is 709. The molecule has 4 nitrogen and oxygen atoms in total. The molecule has 0 unspecified atom stereocenters. The van der Waals surface area contributed by atoms with Crippen LogP contribution in [0.2, 0.25) is 0 Å². The quantitative estimate of drug-likeness (QED) is 0.939. The number of ether oxygens (including phenoxy) is 2. The minimum Gasteiger partial charge on any atom is -0.395 e. The van der Waals surface area contributed by atoms with Gasteiger partial charge < -0.3 is 14.8 Å². The van der Waals surface area contributed by atoms with Crippen molar-refractivity contribution in [1.29, 1.82) is 5.26 Å². The van der Waals surface area contributed by atoms with Crippen LogP contribution >= 0.6 is 0 Å². The number of nitriles is 1. The Morgan fingerprint density at radius 3 is 2.48 bits per heavy atom. The molecule has 21 heavy (non-hydrogen) atoms. The predicted molar refractivity (Wildman–Crippen MR) is 71.1 cm³/mol. The van der Waals surface area contributed by atoms with Gasteiger partial charge in [-0.05, 0) is 29.8 Å².